The molecule has 1 fully saturated rings. The lowest BCUT2D eigenvalue weighted by molar-refractivity contribution is 0.0354. The van der Waals surface area contributed by atoms with Crippen LogP contribution >= 0.6 is 0 Å². The van der Waals surface area contributed by atoms with Crippen molar-refractivity contribution in [3.63, 3.8) is 0 Å². The van der Waals surface area contributed by atoms with E-state index in [1.807, 2.05) is 32.0 Å². The van der Waals surface area contributed by atoms with Gasteiger partial charge in [-0.2, -0.15) is 0 Å². The van der Waals surface area contributed by atoms with Crippen molar-refractivity contribution >= 4 is 17.4 Å². The Morgan fingerprint density at radius 3 is 2.48 bits per heavy atom. The Bertz CT molecular complexity index is 509. The molecule has 1 aromatic carbocycles. The molecule has 3 N–H and O–H groups in total. The van der Waals surface area contributed by atoms with E-state index in [9.17, 15) is 9.90 Å². The molecule has 2 rings (SSSR count). The highest BCUT2D eigenvalue weighted by Gasteiger charge is 2.23. The van der Waals surface area contributed by atoms with Gasteiger partial charge in [0.1, 0.15) is 0 Å². The van der Waals surface area contributed by atoms with E-state index in [-0.39, 0.29) is 12.6 Å². The molecule has 1 heterocycles. The normalized spacial score (nSPS) is 15.3. The lowest BCUT2D eigenvalue weighted by Gasteiger charge is -2.30. The van der Waals surface area contributed by atoms with Crippen LogP contribution in [0.25, 0.3) is 0 Å². The molecule has 2 amide bonds. The number of hydrogen-bond donors (Lipinski definition) is 3. The minimum absolute atomic E-state index is 0.262. The molecule has 23 heavy (non-hydrogen) atoms. The third-order valence-corrected chi connectivity index (χ3v) is 4.74. The molecular weight excluding hydrogens is 290 g/mol. The first-order valence-electron chi connectivity index (χ1n) is 8.69. The van der Waals surface area contributed by atoms with Crippen molar-refractivity contribution in [1.29, 1.82) is 0 Å². The fourth-order valence-corrected chi connectivity index (χ4v) is 2.90. The summed E-state index contributed by atoms with van der Waals surface area (Å²) >= 11 is 0. The Kier molecular flexibility index (Phi) is 6.28. The molecule has 0 radical (unpaired) electrons. The summed E-state index contributed by atoms with van der Waals surface area (Å²) < 4.78 is 0. The van der Waals surface area contributed by atoms with E-state index in [4.69, 9.17) is 0 Å². The van der Waals surface area contributed by atoms with Gasteiger partial charge >= 0.3 is 6.03 Å². The van der Waals surface area contributed by atoms with E-state index < -0.39 is 5.60 Å². The molecule has 0 unspecified atom stereocenters. The molecule has 0 aromatic heterocycles. The number of carbonyl (C=O) groups is 1. The van der Waals surface area contributed by atoms with Crippen LogP contribution in [-0.4, -0.2) is 36.4 Å². The first-order valence-corrected chi connectivity index (χ1v) is 8.69. The molecule has 1 aliphatic rings. The number of benzene rings is 1. The van der Waals surface area contributed by atoms with Crippen molar-refractivity contribution in [1.82, 2.24) is 5.32 Å². The van der Waals surface area contributed by atoms with Crippen LogP contribution in [-0.2, 0) is 0 Å². The van der Waals surface area contributed by atoms with Crippen LogP contribution in [0.3, 0.4) is 0 Å². The number of rotatable bonds is 6. The molecule has 0 spiro atoms. The summed E-state index contributed by atoms with van der Waals surface area (Å²) in [4.78, 5) is 14.5. The van der Waals surface area contributed by atoms with Crippen molar-refractivity contribution in [2.45, 2.75) is 51.6 Å². The largest absolute Gasteiger partial charge is 0.388 e. The number of nitrogens with one attached hydrogen (secondary N) is 2. The number of nitrogens with zero attached hydrogens (tertiary/aromatic N) is 1. The molecule has 0 saturated carbocycles. The molecule has 128 valence electrons. The minimum atomic E-state index is -0.830. The van der Waals surface area contributed by atoms with Crippen molar-refractivity contribution in [3.05, 3.63) is 24.3 Å². The number of urea groups is 1. The highest BCUT2D eigenvalue weighted by atomic mass is 16.3. The highest BCUT2D eigenvalue weighted by Crippen LogP contribution is 2.28. The maximum Gasteiger partial charge on any atom is 0.319 e. The van der Waals surface area contributed by atoms with Gasteiger partial charge in [0, 0.05) is 19.6 Å². The fourth-order valence-electron chi connectivity index (χ4n) is 2.90. The SMILES string of the molecule is CCC(O)(CC)CNC(=O)Nc1ccccc1N1CCCCC1. The monoisotopic (exact) mass is 319 g/mol. The Hall–Kier alpha value is -1.75. The van der Waals surface area contributed by atoms with Gasteiger partial charge in [0.25, 0.3) is 0 Å². The van der Waals surface area contributed by atoms with Crippen LogP contribution < -0.4 is 15.5 Å². The van der Waals surface area contributed by atoms with E-state index in [1.54, 1.807) is 0 Å². The van der Waals surface area contributed by atoms with Crippen molar-refractivity contribution in [2.24, 2.45) is 0 Å². The number of anilines is 2. The Morgan fingerprint density at radius 1 is 1.17 bits per heavy atom. The number of carbonyl (C=O) groups excluding carboxylic acids is 1. The fraction of sp³-hybridized carbons (Fsp3) is 0.611. The smallest absolute Gasteiger partial charge is 0.319 e. The van der Waals surface area contributed by atoms with Crippen LogP contribution in [0.4, 0.5) is 16.2 Å². The predicted octanol–water partition coefficient (Wildman–Crippen LogP) is 3.35. The van der Waals surface area contributed by atoms with Crippen molar-refractivity contribution in [3.8, 4) is 0 Å². The van der Waals surface area contributed by atoms with Crippen LogP contribution in [0.1, 0.15) is 46.0 Å². The Morgan fingerprint density at radius 2 is 1.83 bits per heavy atom. The van der Waals surface area contributed by atoms with E-state index in [0.29, 0.717) is 12.8 Å². The number of para-hydroxylation sites is 2. The molecule has 1 saturated heterocycles. The van der Waals surface area contributed by atoms with Gasteiger partial charge in [0.15, 0.2) is 0 Å². The third-order valence-electron chi connectivity index (χ3n) is 4.74. The van der Waals surface area contributed by atoms with Crippen LogP contribution in [0.2, 0.25) is 0 Å². The summed E-state index contributed by atoms with van der Waals surface area (Å²) in [6.07, 6.45) is 4.91. The van der Waals surface area contributed by atoms with Crippen molar-refractivity contribution < 1.29 is 9.90 Å². The highest BCUT2D eigenvalue weighted by molar-refractivity contribution is 5.93. The quantitative estimate of drug-likeness (QED) is 0.753. The molecule has 5 nitrogen and oxygen atoms in total. The first kappa shape index (κ1) is 17.6. The zero-order valence-corrected chi connectivity index (χ0v) is 14.3. The van der Waals surface area contributed by atoms with E-state index in [1.165, 1.54) is 19.3 Å². The van der Waals surface area contributed by atoms with Gasteiger partial charge in [-0.1, -0.05) is 26.0 Å². The molecule has 0 atom stereocenters. The molecular formula is C18H29N3O2. The zero-order valence-electron chi connectivity index (χ0n) is 14.3. The van der Waals surface area contributed by atoms with Crippen LogP contribution in [0, 0.1) is 0 Å². The zero-order chi connectivity index (χ0) is 16.7. The van der Waals surface area contributed by atoms with Gasteiger partial charge in [0.2, 0.25) is 0 Å². The number of hydrogen-bond acceptors (Lipinski definition) is 3. The van der Waals surface area contributed by atoms with Gasteiger partial charge in [-0.15, -0.1) is 0 Å². The van der Waals surface area contributed by atoms with Crippen molar-refractivity contribution in [2.75, 3.05) is 29.9 Å². The van der Waals surface area contributed by atoms with E-state index in [0.717, 1.165) is 24.5 Å². The third kappa shape index (κ3) is 4.86. The average molecular weight is 319 g/mol. The summed E-state index contributed by atoms with van der Waals surface area (Å²) in [5.41, 5.74) is 1.07. The summed E-state index contributed by atoms with van der Waals surface area (Å²) in [6.45, 7) is 6.18. The second-order valence-corrected chi connectivity index (χ2v) is 6.30. The Labute approximate surface area is 139 Å². The predicted molar refractivity (Wildman–Crippen MR) is 95.1 cm³/mol. The second kappa shape index (κ2) is 8.20. The number of amides is 2. The van der Waals surface area contributed by atoms with E-state index >= 15 is 0 Å². The topological polar surface area (TPSA) is 64.6 Å². The van der Waals surface area contributed by atoms with Gasteiger partial charge < -0.3 is 20.6 Å². The lowest BCUT2D eigenvalue weighted by Crippen LogP contribution is -2.43. The van der Waals surface area contributed by atoms with Crippen LogP contribution in [0.15, 0.2) is 24.3 Å². The molecule has 5 heteroatoms. The summed E-state index contributed by atoms with van der Waals surface area (Å²) in [7, 11) is 0. The lowest BCUT2D eigenvalue weighted by atomic mass is 9.98. The maximum absolute atomic E-state index is 12.2. The molecule has 1 aromatic rings. The summed E-state index contributed by atoms with van der Waals surface area (Å²) in [5, 5.41) is 16.0. The Balaban J connectivity index is 1.98. The van der Waals surface area contributed by atoms with Gasteiger partial charge in [-0.3, -0.25) is 0 Å². The molecule has 0 aliphatic carbocycles. The molecule has 1 aliphatic heterocycles. The number of piperidine rings is 1. The first-order chi connectivity index (χ1) is 11.1. The van der Waals surface area contributed by atoms with E-state index in [2.05, 4.69) is 21.6 Å². The maximum atomic E-state index is 12.2. The van der Waals surface area contributed by atoms with Gasteiger partial charge in [-0.25, -0.2) is 4.79 Å². The van der Waals surface area contributed by atoms with Gasteiger partial charge in [0.05, 0.1) is 17.0 Å². The number of aliphatic hydroxyl groups is 1. The average Bonchev–Trinajstić information content (AvgIpc) is 2.61. The standard InChI is InChI=1S/C18H29N3O2/c1-3-18(23,4-2)14-19-17(22)20-15-10-6-7-11-16(15)21-12-8-5-9-13-21/h6-7,10-11,23H,3-5,8-9,12-14H2,1-2H3,(H2,19,20,22). The van der Waals surface area contributed by atoms with Gasteiger partial charge in [-0.05, 0) is 44.2 Å². The summed E-state index contributed by atoms with van der Waals surface area (Å²) in [6, 6.07) is 7.64. The molecule has 0 bridgehead atoms. The van der Waals surface area contributed by atoms with Crippen LogP contribution in [0.5, 0.6) is 0 Å². The summed E-state index contributed by atoms with van der Waals surface area (Å²) in [5.74, 6) is 0. The second-order valence-electron chi connectivity index (χ2n) is 6.30. The minimum Gasteiger partial charge on any atom is -0.388 e.